The van der Waals surface area contributed by atoms with Crippen molar-refractivity contribution in [2.75, 3.05) is 6.54 Å². The van der Waals surface area contributed by atoms with E-state index >= 15 is 0 Å². The van der Waals surface area contributed by atoms with Gasteiger partial charge in [0.25, 0.3) is 0 Å². The SMILES string of the molecule is C[C@H](C(=O)NC1CC1)[C@@H]1CCCCN1. The van der Waals surface area contributed by atoms with Gasteiger partial charge < -0.3 is 10.6 Å². The Morgan fingerprint density at radius 2 is 2.14 bits per heavy atom. The molecule has 2 N–H and O–H groups in total. The van der Waals surface area contributed by atoms with E-state index in [2.05, 4.69) is 10.6 Å². The molecule has 2 aliphatic rings. The normalized spacial score (nSPS) is 29.6. The third-order valence-electron chi connectivity index (χ3n) is 3.29. The van der Waals surface area contributed by atoms with Gasteiger partial charge in [-0.2, -0.15) is 0 Å². The molecule has 1 saturated heterocycles. The summed E-state index contributed by atoms with van der Waals surface area (Å²) < 4.78 is 0. The van der Waals surface area contributed by atoms with Crippen LogP contribution in [0.3, 0.4) is 0 Å². The van der Waals surface area contributed by atoms with Gasteiger partial charge in [-0.05, 0) is 32.2 Å². The molecule has 0 unspecified atom stereocenters. The number of carbonyl (C=O) groups is 1. The Balaban J connectivity index is 1.78. The van der Waals surface area contributed by atoms with Crippen molar-refractivity contribution in [3.05, 3.63) is 0 Å². The maximum absolute atomic E-state index is 11.7. The van der Waals surface area contributed by atoms with Crippen molar-refractivity contribution in [2.45, 2.75) is 51.1 Å². The maximum atomic E-state index is 11.7. The summed E-state index contributed by atoms with van der Waals surface area (Å²) in [5.74, 6) is 0.378. The van der Waals surface area contributed by atoms with Gasteiger partial charge in [-0.15, -0.1) is 0 Å². The Bertz CT molecular complexity index is 207. The van der Waals surface area contributed by atoms with Crippen molar-refractivity contribution in [1.82, 2.24) is 10.6 Å². The van der Waals surface area contributed by atoms with E-state index in [-0.39, 0.29) is 11.8 Å². The van der Waals surface area contributed by atoms with Gasteiger partial charge in [-0.1, -0.05) is 13.3 Å². The molecule has 1 heterocycles. The first-order valence-corrected chi connectivity index (χ1v) is 5.81. The fraction of sp³-hybridized carbons (Fsp3) is 0.909. The molecule has 0 radical (unpaired) electrons. The molecule has 2 rings (SSSR count). The van der Waals surface area contributed by atoms with Crippen molar-refractivity contribution in [2.24, 2.45) is 5.92 Å². The summed E-state index contributed by atoms with van der Waals surface area (Å²) in [6, 6.07) is 0.899. The van der Waals surface area contributed by atoms with Gasteiger partial charge in [0.2, 0.25) is 5.91 Å². The fourth-order valence-electron chi connectivity index (χ4n) is 2.05. The Hall–Kier alpha value is -0.570. The van der Waals surface area contributed by atoms with Crippen LogP contribution in [0.25, 0.3) is 0 Å². The predicted molar refractivity (Wildman–Crippen MR) is 56.0 cm³/mol. The zero-order valence-corrected chi connectivity index (χ0v) is 8.88. The smallest absolute Gasteiger partial charge is 0.224 e. The third-order valence-corrected chi connectivity index (χ3v) is 3.29. The minimum atomic E-state index is 0.135. The van der Waals surface area contributed by atoms with Gasteiger partial charge in [0.15, 0.2) is 0 Å². The molecule has 80 valence electrons. The molecule has 2 fully saturated rings. The lowest BCUT2D eigenvalue weighted by atomic mass is 9.93. The zero-order valence-electron chi connectivity index (χ0n) is 8.88. The lowest BCUT2D eigenvalue weighted by Crippen LogP contribution is -2.46. The van der Waals surface area contributed by atoms with Gasteiger partial charge in [0.1, 0.15) is 0 Å². The summed E-state index contributed by atoms with van der Waals surface area (Å²) in [5, 5.41) is 6.50. The molecule has 14 heavy (non-hydrogen) atoms. The molecular formula is C11H20N2O. The molecule has 1 aliphatic heterocycles. The molecule has 2 atom stereocenters. The third kappa shape index (κ3) is 2.47. The van der Waals surface area contributed by atoms with Crippen molar-refractivity contribution in [1.29, 1.82) is 0 Å². The highest BCUT2D eigenvalue weighted by Crippen LogP contribution is 2.21. The number of nitrogens with one attached hydrogen (secondary N) is 2. The van der Waals surface area contributed by atoms with Crippen LogP contribution < -0.4 is 10.6 Å². The first kappa shape index (κ1) is 9.97. The molecule has 0 aromatic carbocycles. The minimum Gasteiger partial charge on any atom is -0.353 e. The monoisotopic (exact) mass is 196 g/mol. The quantitative estimate of drug-likeness (QED) is 0.708. The summed E-state index contributed by atoms with van der Waals surface area (Å²) in [6.45, 7) is 3.12. The van der Waals surface area contributed by atoms with E-state index in [9.17, 15) is 4.79 Å². The highest BCUT2D eigenvalue weighted by Gasteiger charge is 2.29. The second-order valence-corrected chi connectivity index (χ2v) is 4.63. The first-order chi connectivity index (χ1) is 6.77. The van der Waals surface area contributed by atoms with Crippen LogP contribution in [0, 0.1) is 5.92 Å². The lowest BCUT2D eigenvalue weighted by Gasteiger charge is -2.28. The molecule has 0 aromatic rings. The molecule has 0 aromatic heterocycles. The second kappa shape index (κ2) is 4.30. The summed E-state index contributed by atoms with van der Waals surface area (Å²) in [4.78, 5) is 11.7. The standard InChI is InChI=1S/C11H20N2O/c1-8(10-4-2-3-7-12-10)11(14)13-9-5-6-9/h8-10,12H,2-7H2,1H3,(H,13,14)/t8-,10-/m0/s1. The van der Waals surface area contributed by atoms with Gasteiger partial charge in [0, 0.05) is 12.1 Å². The summed E-state index contributed by atoms with van der Waals surface area (Å²) in [5.41, 5.74) is 0. The number of amides is 1. The zero-order chi connectivity index (χ0) is 9.97. The van der Waals surface area contributed by atoms with Gasteiger partial charge in [-0.3, -0.25) is 4.79 Å². The molecular weight excluding hydrogens is 176 g/mol. The van der Waals surface area contributed by atoms with Crippen molar-refractivity contribution >= 4 is 5.91 Å². The van der Waals surface area contributed by atoms with Crippen LogP contribution in [0.2, 0.25) is 0 Å². The second-order valence-electron chi connectivity index (χ2n) is 4.63. The highest BCUT2D eigenvalue weighted by molar-refractivity contribution is 5.79. The highest BCUT2D eigenvalue weighted by atomic mass is 16.2. The molecule has 0 bridgehead atoms. The van der Waals surface area contributed by atoms with Crippen molar-refractivity contribution in [3.8, 4) is 0 Å². The van der Waals surface area contributed by atoms with E-state index in [1.165, 1.54) is 25.7 Å². The van der Waals surface area contributed by atoms with Crippen molar-refractivity contribution in [3.63, 3.8) is 0 Å². The summed E-state index contributed by atoms with van der Waals surface area (Å²) in [6.07, 6.45) is 6.03. The number of rotatable bonds is 3. The van der Waals surface area contributed by atoms with Crippen LogP contribution in [-0.2, 0) is 4.79 Å². The fourth-order valence-corrected chi connectivity index (χ4v) is 2.05. The van der Waals surface area contributed by atoms with E-state index in [4.69, 9.17) is 0 Å². The van der Waals surface area contributed by atoms with E-state index in [1.807, 2.05) is 6.92 Å². The van der Waals surface area contributed by atoms with Crippen LogP contribution in [0.15, 0.2) is 0 Å². The number of hydrogen-bond donors (Lipinski definition) is 2. The van der Waals surface area contributed by atoms with Gasteiger partial charge in [0.05, 0.1) is 5.92 Å². The van der Waals surface area contributed by atoms with Crippen LogP contribution in [0.4, 0.5) is 0 Å². The molecule has 1 saturated carbocycles. The molecule has 1 amide bonds. The minimum absolute atomic E-state index is 0.135. The van der Waals surface area contributed by atoms with Crippen LogP contribution >= 0.6 is 0 Å². The average molecular weight is 196 g/mol. The summed E-state index contributed by atoms with van der Waals surface area (Å²) >= 11 is 0. The Morgan fingerprint density at radius 1 is 1.36 bits per heavy atom. The number of hydrogen-bond acceptors (Lipinski definition) is 2. The number of piperidine rings is 1. The van der Waals surface area contributed by atoms with E-state index < -0.39 is 0 Å². The van der Waals surface area contributed by atoms with Crippen LogP contribution in [0.1, 0.15) is 39.0 Å². The van der Waals surface area contributed by atoms with Crippen molar-refractivity contribution < 1.29 is 4.79 Å². The van der Waals surface area contributed by atoms with Gasteiger partial charge >= 0.3 is 0 Å². The van der Waals surface area contributed by atoms with Gasteiger partial charge in [-0.25, -0.2) is 0 Å². The van der Waals surface area contributed by atoms with E-state index in [0.29, 0.717) is 12.1 Å². The number of carbonyl (C=O) groups excluding carboxylic acids is 1. The Morgan fingerprint density at radius 3 is 2.71 bits per heavy atom. The van der Waals surface area contributed by atoms with Crippen LogP contribution in [0.5, 0.6) is 0 Å². The summed E-state index contributed by atoms with van der Waals surface area (Å²) in [7, 11) is 0. The van der Waals surface area contributed by atoms with E-state index in [1.54, 1.807) is 0 Å². The molecule has 3 nitrogen and oxygen atoms in total. The topological polar surface area (TPSA) is 41.1 Å². The predicted octanol–water partition coefficient (Wildman–Crippen LogP) is 1.04. The van der Waals surface area contributed by atoms with E-state index in [0.717, 1.165) is 13.0 Å². The molecule has 0 spiro atoms. The lowest BCUT2D eigenvalue weighted by molar-refractivity contribution is -0.125. The Kier molecular flexibility index (Phi) is 3.06. The molecule has 3 heteroatoms. The largest absolute Gasteiger partial charge is 0.353 e. The Labute approximate surface area is 85.6 Å². The first-order valence-electron chi connectivity index (χ1n) is 5.81. The average Bonchev–Trinajstić information content (AvgIpc) is 3.02. The maximum Gasteiger partial charge on any atom is 0.224 e. The van der Waals surface area contributed by atoms with Crippen LogP contribution in [-0.4, -0.2) is 24.5 Å². The molecule has 1 aliphatic carbocycles.